The number of rotatable bonds is 5. The van der Waals surface area contributed by atoms with Crippen LogP contribution in [0.4, 0.5) is 0 Å². The number of carboxylic acids is 1. The number of carboxylic acid groups (broad SMARTS) is 1. The molecule has 2 atom stereocenters. The van der Waals surface area contributed by atoms with Gasteiger partial charge in [-0.3, -0.25) is 9.59 Å². The maximum absolute atomic E-state index is 11.5. The zero-order chi connectivity index (χ0) is 15.6. The largest absolute Gasteiger partial charge is 0.493 e. The molecule has 0 radical (unpaired) electrons. The first-order valence-electron chi connectivity index (χ1n) is 6.33. The van der Waals surface area contributed by atoms with Crippen molar-refractivity contribution in [3.8, 4) is 17.2 Å². The van der Waals surface area contributed by atoms with Crippen LogP contribution < -0.4 is 19.5 Å². The fourth-order valence-corrected chi connectivity index (χ4v) is 2.48. The number of benzene rings is 1. The molecule has 2 rings (SSSR count). The second-order valence-corrected chi connectivity index (χ2v) is 4.65. The van der Waals surface area contributed by atoms with Crippen LogP contribution in [-0.4, -0.2) is 38.3 Å². The number of carbonyl (C=O) groups excluding carboxylic acids is 1. The van der Waals surface area contributed by atoms with Gasteiger partial charge in [-0.2, -0.15) is 0 Å². The summed E-state index contributed by atoms with van der Waals surface area (Å²) in [4.78, 5) is 22.8. The third kappa shape index (κ3) is 2.72. The highest BCUT2D eigenvalue weighted by atomic mass is 16.5. The first-order chi connectivity index (χ1) is 10.0. The summed E-state index contributed by atoms with van der Waals surface area (Å²) in [5, 5.41) is 11.9. The minimum Gasteiger partial charge on any atom is -0.493 e. The zero-order valence-corrected chi connectivity index (χ0v) is 12.0. The number of carbonyl (C=O) groups is 2. The Kier molecular flexibility index (Phi) is 4.21. The second kappa shape index (κ2) is 5.90. The van der Waals surface area contributed by atoms with Crippen LogP contribution in [0.1, 0.15) is 18.0 Å². The molecule has 0 aliphatic carbocycles. The molecule has 1 heterocycles. The van der Waals surface area contributed by atoms with Crippen molar-refractivity contribution in [3.63, 3.8) is 0 Å². The van der Waals surface area contributed by atoms with Crippen molar-refractivity contribution in [3.05, 3.63) is 17.7 Å². The summed E-state index contributed by atoms with van der Waals surface area (Å²) in [7, 11) is 4.43. The van der Waals surface area contributed by atoms with Crippen LogP contribution in [0.15, 0.2) is 12.1 Å². The molecule has 2 N–H and O–H groups in total. The van der Waals surface area contributed by atoms with Gasteiger partial charge in [0.05, 0.1) is 33.3 Å². The molecule has 0 saturated carbocycles. The van der Waals surface area contributed by atoms with E-state index in [0.717, 1.165) is 0 Å². The summed E-state index contributed by atoms with van der Waals surface area (Å²) in [6.07, 6.45) is -0.0450. The molecule has 0 bridgehead atoms. The molecule has 7 heteroatoms. The van der Waals surface area contributed by atoms with E-state index in [-0.39, 0.29) is 12.3 Å². The second-order valence-electron chi connectivity index (χ2n) is 4.65. The Morgan fingerprint density at radius 1 is 1.19 bits per heavy atom. The Balaban J connectivity index is 2.48. The molecule has 21 heavy (non-hydrogen) atoms. The summed E-state index contributed by atoms with van der Waals surface area (Å²) in [5.41, 5.74) is 0.600. The summed E-state index contributed by atoms with van der Waals surface area (Å²) in [6, 6.07) is 2.67. The molecule has 0 spiro atoms. The van der Waals surface area contributed by atoms with Gasteiger partial charge < -0.3 is 24.6 Å². The zero-order valence-electron chi connectivity index (χ0n) is 12.0. The minimum absolute atomic E-state index is 0.0450. The third-order valence-corrected chi connectivity index (χ3v) is 3.49. The third-order valence-electron chi connectivity index (χ3n) is 3.49. The number of amides is 1. The van der Waals surface area contributed by atoms with Crippen LogP contribution >= 0.6 is 0 Å². The van der Waals surface area contributed by atoms with Crippen molar-refractivity contribution in [2.24, 2.45) is 5.92 Å². The van der Waals surface area contributed by atoms with Gasteiger partial charge in [0, 0.05) is 6.42 Å². The van der Waals surface area contributed by atoms with Gasteiger partial charge >= 0.3 is 5.97 Å². The van der Waals surface area contributed by atoms with Gasteiger partial charge in [0.25, 0.3) is 0 Å². The molecule has 1 saturated heterocycles. The summed E-state index contributed by atoms with van der Waals surface area (Å²) in [5.74, 6) is -0.886. The van der Waals surface area contributed by atoms with Gasteiger partial charge in [-0.15, -0.1) is 0 Å². The van der Waals surface area contributed by atoms with Crippen molar-refractivity contribution >= 4 is 11.9 Å². The Morgan fingerprint density at radius 3 is 2.19 bits per heavy atom. The molecule has 114 valence electrons. The van der Waals surface area contributed by atoms with Gasteiger partial charge in [0.1, 0.15) is 0 Å². The topological polar surface area (TPSA) is 94.1 Å². The van der Waals surface area contributed by atoms with Gasteiger partial charge in [-0.25, -0.2) is 0 Å². The van der Waals surface area contributed by atoms with E-state index in [2.05, 4.69) is 5.32 Å². The minimum atomic E-state index is -1.02. The van der Waals surface area contributed by atoms with Crippen LogP contribution in [0.3, 0.4) is 0 Å². The van der Waals surface area contributed by atoms with E-state index in [4.69, 9.17) is 14.2 Å². The average Bonchev–Trinajstić information content (AvgIpc) is 2.87. The predicted octanol–water partition coefficient (Wildman–Crippen LogP) is 0.974. The Bertz CT molecular complexity index is 546. The lowest BCUT2D eigenvalue weighted by atomic mass is 9.94. The number of hydrogen-bond acceptors (Lipinski definition) is 5. The van der Waals surface area contributed by atoms with Crippen LogP contribution in [0, 0.1) is 5.92 Å². The van der Waals surface area contributed by atoms with E-state index in [1.54, 1.807) is 12.1 Å². The molecule has 1 amide bonds. The molecule has 1 aromatic rings. The standard InChI is InChI=1S/C14H17NO6/c1-19-9-4-7(5-10(20-2)13(9)21-3)12-8(14(17)18)6-11(16)15-12/h4-5,8,12H,6H2,1-3H3,(H,15,16)(H,17,18). The SMILES string of the molecule is COc1cc(C2NC(=O)CC2C(=O)O)cc(OC)c1OC. The highest BCUT2D eigenvalue weighted by Crippen LogP contribution is 2.42. The van der Waals surface area contributed by atoms with E-state index in [0.29, 0.717) is 22.8 Å². The molecule has 2 unspecified atom stereocenters. The van der Waals surface area contributed by atoms with Crippen molar-refractivity contribution in [1.29, 1.82) is 0 Å². The van der Waals surface area contributed by atoms with E-state index in [1.807, 2.05) is 0 Å². The maximum atomic E-state index is 11.5. The van der Waals surface area contributed by atoms with Gasteiger partial charge in [-0.05, 0) is 17.7 Å². The lowest BCUT2D eigenvalue weighted by Crippen LogP contribution is -2.24. The maximum Gasteiger partial charge on any atom is 0.309 e. The number of ether oxygens (including phenoxy) is 3. The fraction of sp³-hybridized carbons (Fsp3) is 0.429. The van der Waals surface area contributed by atoms with Gasteiger partial charge in [-0.1, -0.05) is 0 Å². The lowest BCUT2D eigenvalue weighted by molar-refractivity contribution is -0.142. The monoisotopic (exact) mass is 295 g/mol. The van der Waals surface area contributed by atoms with Crippen LogP contribution in [0.5, 0.6) is 17.2 Å². The lowest BCUT2D eigenvalue weighted by Gasteiger charge is -2.19. The molecule has 1 aromatic carbocycles. The normalized spacial score (nSPS) is 20.8. The molecule has 7 nitrogen and oxygen atoms in total. The van der Waals surface area contributed by atoms with E-state index < -0.39 is 17.9 Å². The molecule has 0 aromatic heterocycles. The summed E-state index contributed by atoms with van der Waals surface area (Å²) < 4.78 is 15.7. The summed E-state index contributed by atoms with van der Waals surface area (Å²) in [6.45, 7) is 0. The van der Waals surface area contributed by atoms with E-state index in [1.165, 1.54) is 21.3 Å². The highest BCUT2D eigenvalue weighted by Gasteiger charge is 2.39. The molecule has 1 aliphatic heterocycles. The number of methoxy groups -OCH3 is 3. The Hall–Kier alpha value is -2.44. The quantitative estimate of drug-likeness (QED) is 0.840. The fourth-order valence-electron chi connectivity index (χ4n) is 2.48. The van der Waals surface area contributed by atoms with Crippen molar-refractivity contribution in [2.45, 2.75) is 12.5 Å². The van der Waals surface area contributed by atoms with Crippen molar-refractivity contribution in [1.82, 2.24) is 5.32 Å². The van der Waals surface area contributed by atoms with Gasteiger partial charge in [0.15, 0.2) is 11.5 Å². The predicted molar refractivity (Wildman–Crippen MR) is 72.7 cm³/mol. The Labute approximate surface area is 121 Å². The number of nitrogens with one attached hydrogen (secondary N) is 1. The Morgan fingerprint density at radius 2 is 1.76 bits per heavy atom. The van der Waals surface area contributed by atoms with E-state index >= 15 is 0 Å². The summed E-state index contributed by atoms with van der Waals surface area (Å²) >= 11 is 0. The molecule has 1 fully saturated rings. The average molecular weight is 295 g/mol. The van der Waals surface area contributed by atoms with Crippen LogP contribution in [0.25, 0.3) is 0 Å². The van der Waals surface area contributed by atoms with Crippen molar-refractivity contribution in [2.75, 3.05) is 21.3 Å². The molecular formula is C14H17NO6. The number of hydrogen-bond donors (Lipinski definition) is 2. The van der Waals surface area contributed by atoms with Crippen LogP contribution in [-0.2, 0) is 9.59 Å². The molecule has 1 aliphatic rings. The van der Waals surface area contributed by atoms with Gasteiger partial charge in [0.2, 0.25) is 11.7 Å². The smallest absolute Gasteiger partial charge is 0.309 e. The van der Waals surface area contributed by atoms with Crippen LogP contribution in [0.2, 0.25) is 0 Å². The number of aliphatic carboxylic acids is 1. The first-order valence-corrected chi connectivity index (χ1v) is 6.33. The highest BCUT2D eigenvalue weighted by molar-refractivity contribution is 5.87. The first kappa shape index (κ1) is 15.0. The molecular weight excluding hydrogens is 278 g/mol. The van der Waals surface area contributed by atoms with E-state index in [9.17, 15) is 14.7 Å². The van der Waals surface area contributed by atoms with Crippen molar-refractivity contribution < 1.29 is 28.9 Å².